The highest BCUT2D eigenvalue weighted by Gasteiger charge is 2.29. The molecule has 3 nitrogen and oxygen atoms in total. The third-order valence-corrected chi connectivity index (χ3v) is 4.84. The maximum absolute atomic E-state index is 6.30. The number of benzene rings is 1. The van der Waals surface area contributed by atoms with E-state index in [-0.39, 0.29) is 0 Å². The first kappa shape index (κ1) is 16.2. The van der Waals surface area contributed by atoms with Crippen molar-refractivity contribution in [3.8, 4) is 11.5 Å². The Bertz CT molecular complexity index is 433. The highest BCUT2D eigenvalue weighted by atomic mass is 16.5. The van der Waals surface area contributed by atoms with Crippen molar-refractivity contribution in [2.75, 3.05) is 13.7 Å². The van der Waals surface area contributed by atoms with Crippen molar-refractivity contribution in [1.29, 1.82) is 0 Å². The van der Waals surface area contributed by atoms with Gasteiger partial charge in [-0.2, -0.15) is 0 Å². The summed E-state index contributed by atoms with van der Waals surface area (Å²) < 4.78 is 11.2. The molecular formula is C18H29NO2. The minimum absolute atomic E-state index is 0.335. The van der Waals surface area contributed by atoms with Crippen LogP contribution < -0.4 is 15.2 Å². The lowest BCUT2D eigenvalue weighted by atomic mass is 9.73. The third-order valence-electron chi connectivity index (χ3n) is 4.84. The summed E-state index contributed by atoms with van der Waals surface area (Å²) in [6.07, 6.45) is 4.71. The Hall–Kier alpha value is -1.22. The standard InChI is InChI=1S/C18H29NO2/c1-13(2)14-8-9-16(19)15(12-14)10-11-21-18-7-5-4-6-17(18)20-3/h4-7,13-16H,8-12,19H2,1-3H3. The van der Waals surface area contributed by atoms with Crippen LogP contribution in [0.3, 0.4) is 0 Å². The Kier molecular flexibility index (Phi) is 5.92. The smallest absolute Gasteiger partial charge is 0.161 e. The molecule has 3 heteroatoms. The molecule has 1 aliphatic carbocycles. The molecule has 0 saturated heterocycles. The summed E-state index contributed by atoms with van der Waals surface area (Å²) >= 11 is 0. The van der Waals surface area contributed by atoms with Gasteiger partial charge >= 0.3 is 0 Å². The van der Waals surface area contributed by atoms with E-state index in [1.54, 1.807) is 7.11 Å². The van der Waals surface area contributed by atoms with Crippen LogP contribution in [0.25, 0.3) is 0 Å². The summed E-state index contributed by atoms with van der Waals surface area (Å²) in [4.78, 5) is 0. The minimum Gasteiger partial charge on any atom is -0.493 e. The Morgan fingerprint density at radius 2 is 1.90 bits per heavy atom. The van der Waals surface area contributed by atoms with Crippen LogP contribution in [0.4, 0.5) is 0 Å². The Balaban J connectivity index is 1.84. The van der Waals surface area contributed by atoms with Gasteiger partial charge in [0.1, 0.15) is 0 Å². The molecule has 3 unspecified atom stereocenters. The molecule has 0 spiro atoms. The predicted octanol–water partition coefficient (Wildman–Crippen LogP) is 3.86. The van der Waals surface area contributed by atoms with E-state index in [0.29, 0.717) is 18.6 Å². The average Bonchev–Trinajstić information content (AvgIpc) is 2.49. The Morgan fingerprint density at radius 1 is 1.19 bits per heavy atom. The van der Waals surface area contributed by atoms with Gasteiger partial charge in [0.2, 0.25) is 0 Å². The average molecular weight is 291 g/mol. The molecule has 2 N–H and O–H groups in total. The van der Waals surface area contributed by atoms with Crippen molar-refractivity contribution in [3.05, 3.63) is 24.3 Å². The molecule has 0 aromatic heterocycles. The van der Waals surface area contributed by atoms with Gasteiger partial charge in [0.25, 0.3) is 0 Å². The van der Waals surface area contributed by atoms with Gasteiger partial charge in [-0.25, -0.2) is 0 Å². The second-order valence-corrected chi connectivity index (χ2v) is 6.53. The molecule has 118 valence electrons. The number of hydrogen-bond donors (Lipinski definition) is 1. The summed E-state index contributed by atoms with van der Waals surface area (Å²) in [6, 6.07) is 8.14. The van der Waals surface area contributed by atoms with E-state index in [2.05, 4.69) is 13.8 Å². The first-order valence-electron chi connectivity index (χ1n) is 8.13. The maximum atomic E-state index is 6.30. The van der Waals surface area contributed by atoms with Gasteiger partial charge in [-0.1, -0.05) is 26.0 Å². The predicted molar refractivity (Wildman–Crippen MR) is 86.8 cm³/mol. The molecular weight excluding hydrogens is 262 g/mol. The fourth-order valence-corrected chi connectivity index (χ4v) is 3.32. The van der Waals surface area contributed by atoms with E-state index in [4.69, 9.17) is 15.2 Å². The second-order valence-electron chi connectivity index (χ2n) is 6.53. The van der Waals surface area contributed by atoms with Gasteiger partial charge in [-0.3, -0.25) is 0 Å². The Labute approximate surface area is 128 Å². The van der Waals surface area contributed by atoms with E-state index < -0.39 is 0 Å². The molecule has 21 heavy (non-hydrogen) atoms. The van der Waals surface area contributed by atoms with Crippen molar-refractivity contribution in [3.63, 3.8) is 0 Å². The highest BCUT2D eigenvalue weighted by molar-refractivity contribution is 5.39. The zero-order chi connectivity index (χ0) is 15.2. The molecule has 1 aromatic carbocycles. The van der Waals surface area contributed by atoms with E-state index in [0.717, 1.165) is 36.2 Å². The number of methoxy groups -OCH3 is 1. The molecule has 2 rings (SSSR count). The quantitative estimate of drug-likeness (QED) is 0.865. The van der Waals surface area contributed by atoms with E-state index in [1.807, 2.05) is 24.3 Å². The van der Waals surface area contributed by atoms with Crippen LogP contribution in [0.5, 0.6) is 11.5 Å². The zero-order valence-electron chi connectivity index (χ0n) is 13.5. The number of rotatable bonds is 6. The summed E-state index contributed by atoms with van der Waals surface area (Å²) in [6.45, 7) is 5.36. The topological polar surface area (TPSA) is 44.5 Å². The van der Waals surface area contributed by atoms with Crippen LogP contribution in [0.1, 0.15) is 39.5 Å². The summed E-state index contributed by atoms with van der Waals surface area (Å²) in [7, 11) is 1.67. The van der Waals surface area contributed by atoms with Crippen LogP contribution in [0, 0.1) is 17.8 Å². The first-order valence-corrected chi connectivity index (χ1v) is 8.13. The van der Waals surface area contributed by atoms with Crippen molar-refractivity contribution in [2.45, 2.75) is 45.6 Å². The molecule has 1 fully saturated rings. The molecule has 0 amide bonds. The number of ether oxygens (including phenoxy) is 2. The molecule has 0 radical (unpaired) electrons. The molecule has 0 heterocycles. The van der Waals surface area contributed by atoms with Crippen molar-refractivity contribution in [1.82, 2.24) is 0 Å². The van der Waals surface area contributed by atoms with Gasteiger partial charge in [0.15, 0.2) is 11.5 Å². The summed E-state index contributed by atoms with van der Waals surface area (Å²) in [5.74, 6) is 3.78. The molecule has 1 aromatic rings. The lowest BCUT2D eigenvalue weighted by Gasteiger charge is -2.36. The first-order chi connectivity index (χ1) is 10.1. The van der Waals surface area contributed by atoms with E-state index in [9.17, 15) is 0 Å². The molecule has 0 bridgehead atoms. The fourth-order valence-electron chi connectivity index (χ4n) is 3.32. The van der Waals surface area contributed by atoms with Crippen LogP contribution >= 0.6 is 0 Å². The lowest BCUT2D eigenvalue weighted by molar-refractivity contribution is 0.159. The van der Waals surface area contributed by atoms with E-state index >= 15 is 0 Å². The largest absolute Gasteiger partial charge is 0.493 e. The summed E-state index contributed by atoms with van der Waals surface area (Å²) in [5, 5.41) is 0. The normalized spacial score (nSPS) is 25.9. The SMILES string of the molecule is COc1ccccc1OCCC1CC(C(C)C)CCC1N. The molecule has 3 atom stereocenters. The molecule has 1 aliphatic rings. The van der Waals surface area contributed by atoms with Crippen molar-refractivity contribution >= 4 is 0 Å². The van der Waals surface area contributed by atoms with Gasteiger partial charge in [0, 0.05) is 6.04 Å². The highest BCUT2D eigenvalue weighted by Crippen LogP contribution is 2.35. The van der Waals surface area contributed by atoms with Crippen molar-refractivity contribution in [2.24, 2.45) is 23.5 Å². The zero-order valence-corrected chi connectivity index (χ0v) is 13.5. The van der Waals surface area contributed by atoms with Gasteiger partial charge in [-0.05, 0) is 55.6 Å². The van der Waals surface area contributed by atoms with E-state index in [1.165, 1.54) is 12.8 Å². The number of nitrogens with two attached hydrogens (primary N) is 1. The van der Waals surface area contributed by atoms with Gasteiger partial charge < -0.3 is 15.2 Å². The molecule has 1 saturated carbocycles. The second kappa shape index (κ2) is 7.69. The monoisotopic (exact) mass is 291 g/mol. The number of para-hydroxylation sites is 2. The fraction of sp³-hybridized carbons (Fsp3) is 0.667. The van der Waals surface area contributed by atoms with Crippen LogP contribution in [-0.2, 0) is 0 Å². The third kappa shape index (κ3) is 4.37. The molecule has 0 aliphatic heterocycles. The van der Waals surface area contributed by atoms with Crippen molar-refractivity contribution < 1.29 is 9.47 Å². The maximum Gasteiger partial charge on any atom is 0.161 e. The number of hydrogen-bond acceptors (Lipinski definition) is 3. The minimum atomic E-state index is 0.335. The Morgan fingerprint density at radius 3 is 2.57 bits per heavy atom. The lowest BCUT2D eigenvalue weighted by Crippen LogP contribution is -2.38. The summed E-state index contributed by atoms with van der Waals surface area (Å²) in [5.41, 5.74) is 6.30. The van der Waals surface area contributed by atoms with Crippen LogP contribution in [0.15, 0.2) is 24.3 Å². The van der Waals surface area contributed by atoms with Crippen LogP contribution in [0.2, 0.25) is 0 Å². The van der Waals surface area contributed by atoms with Gasteiger partial charge in [0.05, 0.1) is 13.7 Å². The van der Waals surface area contributed by atoms with Gasteiger partial charge in [-0.15, -0.1) is 0 Å². The van der Waals surface area contributed by atoms with Crippen LogP contribution in [-0.4, -0.2) is 19.8 Å².